The van der Waals surface area contributed by atoms with Crippen LogP contribution >= 0.6 is 27.3 Å². The zero-order valence-corrected chi connectivity index (χ0v) is 14.6. The summed E-state index contributed by atoms with van der Waals surface area (Å²) in [4.78, 5) is 3.89. The Hall–Kier alpha value is -0.620. The van der Waals surface area contributed by atoms with E-state index in [4.69, 9.17) is 4.42 Å². The molecular weight excluding hydrogens is 348 g/mol. The fourth-order valence-electron chi connectivity index (χ4n) is 2.89. The van der Waals surface area contributed by atoms with Gasteiger partial charge >= 0.3 is 0 Å². The van der Waals surface area contributed by atoms with Crippen LogP contribution in [0.25, 0.3) is 0 Å². The van der Waals surface area contributed by atoms with Crippen LogP contribution in [0, 0.1) is 0 Å². The number of hydrogen-bond acceptors (Lipinski definition) is 4. The first-order valence-corrected chi connectivity index (χ1v) is 9.16. The van der Waals surface area contributed by atoms with Crippen LogP contribution in [-0.4, -0.2) is 24.5 Å². The minimum Gasteiger partial charge on any atom is -0.468 e. The number of rotatable bonds is 6. The molecule has 0 spiro atoms. The zero-order chi connectivity index (χ0) is 14.7. The van der Waals surface area contributed by atoms with Gasteiger partial charge < -0.3 is 9.73 Å². The molecule has 114 valence electrons. The van der Waals surface area contributed by atoms with Gasteiger partial charge in [0.05, 0.1) is 12.3 Å². The normalized spacial score (nSPS) is 19.0. The lowest BCUT2D eigenvalue weighted by atomic mass is 10.1. The summed E-state index contributed by atoms with van der Waals surface area (Å²) in [7, 11) is 0. The molecule has 0 radical (unpaired) electrons. The highest BCUT2D eigenvalue weighted by atomic mass is 79.9. The molecule has 1 aliphatic rings. The molecule has 0 saturated carbocycles. The number of furan rings is 1. The van der Waals surface area contributed by atoms with E-state index in [1.165, 1.54) is 35.3 Å². The van der Waals surface area contributed by atoms with Crippen molar-refractivity contribution < 1.29 is 4.42 Å². The van der Waals surface area contributed by atoms with E-state index in [9.17, 15) is 0 Å². The fourth-order valence-corrected chi connectivity index (χ4v) is 4.37. The van der Waals surface area contributed by atoms with E-state index in [2.05, 4.69) is 50.6 Å². The Balaban J connectivity index is 1.64. The van der Waals surface area contributed by atoms with Crippen molar-refractivity contribution in [1.82, 2.24) is 10.2 Å². The van der Waals surface area contributed by atoms with Crippen LogP contribution in [0.3, 0.4) is 0 Å². The molecule has 1 aliphatic heterocycles. The number of halogens is 1. The van der Waals surface area contributed by atoms with E-state index in [-0.39, 0.29) is 0 Å². The number of hydrogen-bond donors (Lipinski definition) is 1. The minimum atomic E-state index is 0.341. The molecule has 2 aromatic rings. The lowest BCUT2D eigenvalue weighted by molar-refractivity contribution is 0.206. The molecule has 2 unspecified atom stereocenters. The highest BCUT2D eigenvalue weighted by Crippen LogP contribution is 2.28. The lowest BCUT2D eigenvalue weighted by Crippen LogP contribution is -2.34. The second-order valence-corrected chi connectivity index (χ2v) is 7.43. The lowest BCUT2D eigenvalue weighted by Gasteiger charge is -2.27. The maximum atomic E-state index is 5.66. The Morgan fingerprint density at radius 2 is 2.24 bits per heavy atom. The molecule has 1 N–H and O–H groups in total. The summed E-state index contributed by atoms with van der Waals surface area (Å²) in [6.45, 7) is 5.49. The Bertz CT molecular complexity index is 548. The highest BCUT2D eigenvalue weighted by molar-refractivity contribution is 9.10. The highest BCUT2D eigenvalue weighted by Gasteiger charge is 2.25. The number of likely N-dealkylation sites (tertiary alicyclic amines) is 1. The van der Waals surface area contributed by atoms with Crippen molar-refractivity contribution in [3.8, 4) is 0 Å². The number of thiophene rings is 1. The predicted octanol–water partition coefficient (Wildman–Crippen LogP) is 4.59. The molecule has 0 amide bonds. The molecule has 3 nitrogen and oxygen atoms in total. The summed E-state index contributed by atoms with van der Waals surface area (Å²) in [5.74, 6) is 1.07. The smallest absolute Gasteiger partial charge is 0.122 e. The van der Waals surface area contributed by atoms with Gasteiger partial charge in [-0.15, -0.1) is 11.3 Å². The summed E-state index contributed by atoms with van der Waals surface area (Å²) in [6, 6.07) is 6.98. The van der Waals surface area contributed by atoms with Gasteiger partial charge in [-0.1, -0.05) is 0 Å². The van der Waals surface area contributed by atoms with E-state index >= 15 is 0 Å². The van der Waals surface area contributed by atoms with Crippen molar-refractivity contribution in [3.05, 3.63) is 45.0 Å². The molecule has 1 fully saturated rings. The van der Waals surface area contributed by atoms with Crippen LogP contribution < -0.4 is 5.32 Å². The third-order valence-electron chi connectivity index (χ3n) is 4.08. The van der Waals surface area contributed by atoms with Crippen LogP contribution in [0.5, 0.6) is 0 Å². The zero-order valence-electron chi connectivity index (χ0n) is 12.2. The molecular formula is C16H21BrN2OS. The van der Waals surface area contributed by atoms with E-state index in [0.717, 1.165) is 12.3 Å². The first-order valence-electron chi connectivity index (χ1n) is 7.49. The Morgan fingerprint density at radius 1 is 1.43 bits per heavy atom. The van der Waals surface area contributed by atoms with Crippen molar-refractivity contribution in [1.29, 1.82) is 0 Å². The molecule has 3 heterocycles. The Morgan fingerprint density at radius 3 is 2.86 bits per heavy atom. The molecule has 21 heavy (non-hydrogen) atoms. The molecule has 5 heteroatoms. The molecule has 3 rings (SSSR count). The molecule has 1 saturated heterocycles. The molecule has 2 atom stereocenters. The second-order valence-electron chi connectivity index (χ2n) is 5.57. The average molecular weight is 369 g/mol. The minimum absolute atomic E-state index is 0.341. The van der Waals surface area contributed by atoms with E-state index < -0.39 is 0 Å². The van der Waals surface area contributed by atoms with Crippen molar-refractivity contribution in [2.24, 2.45) is 0 Å². The molecule has 0 bridgehead atoms. The van der Waals surface area contributed by atoms with Gasteiger partial charge in [0.15, 0.2) is 0 Å². The quantitative estimate of drug-likeness (QED) is 0.807. The molecule has 0 aliphatic carbocycles. The van der Waals surface area contributed by atoms with Gasteiger partial charge in [-0.3, -0.25) is 4.90 Å². The van der Waals surface area contributed by atoms with Gasteiger partial charge in [0, 0.05) is 27.3 Å². The van der Waals surface area contributed by atoms with Crippen LogP contribution in [-0.2, 0) is 0 Å². The SMILES string of the molecule is CC(NCC(c1ccco1)N1CCCC1)c1cc(Br)cs1. The predicted molar refractivity (Wildman–Crippen MR) is 90.7 cm³/mol. The summed E-state index contributed by atoms with van der Waals surface area (Å²) >= 11 is 5.32. The van der Waals surface area contributed by atoms with Gasteiger partial charge in [0.2, 0.25) is 0 Å². The Kier molecular flexibility index (Phi) is 5.16. The molecule has 2 aromatic heterocycles. The average Bonchev–Trinajstić information content (AvgIpc) is 3.21. The standard InChI is InChI=1S/C16H21BrN2OS/c1-12(16-9-13(17)11-21-16)18-10-14(15-5-4-8-20-15)19-6-2-3-7-19/h4-5,8-9,11-12,14,18H,2-3,6-7,10H2,1H3. The second kappa shape index (κ2) is 7.09. The first kappa shape index (κ1) is 15.3. The van der Waals surface area contributed by atoms with E-state index in [0.29, 0.717) is 12.1 Å². The number of nitrogens with one attached hydrogen (secondary N) is 1. The van der Waals surface area contributed by atoms with Crippen molar-refractivity contribution in [2.45, 2.75) is 31.8 Å². The van der Waals surface area contributed by atoms with Crippen LogP contribution in [0.2, 0.25) is 0 Å². The number of nitrogens with zero attached hydrogens (tertiary/aromatic N) is 1. The van der Waals surface area contributed by atoms with Gasteiger partial charge in [-0.05, 0) is 67.0 Å². The summed E-state index contributed by atoms with van der Waals surface area (Å²) in [5, 5.41) is 5.80. The summed E-state index contributed by atoms with van der Waals surface area (Å²) in [6.07, 6.45) is 4.37. The van der Waals surface area contributed by atoms with Gasteiger partial charge in [0.25, 0.3) is 0 Å². The van der Waals surface area contributed by atoms with E-state index in [1.54, 1.807) is 17.6 Å². The van der Waals surface area contributed by atoms with E-state index in [1.807, 2.05) is 6.07 Å². The van der Waals surface area contributed by atoms with Crippen LogP contribution in [0.4, 0.5) is 0 Å². The topological polar surface area (TPSA) is 28.4 Å². The van der Waals surface area contributed by atoms with Crippen molar-refractivity contribution in [2.75, 3.05) is 19.6 Å². The fraction of sp³-hybridized carbons (Fsp3) is 0.500. The molecule has 0 aromatic carbocycles. The largest absolute Gasteiger partial charge is 0.468 e. The summed E-state index contributed by atoms with van der Waals surface area (Å²) < 4.78 is 6.83. The van der Waals surface area contributed by atoms with Crippen molar-refractivity contribution in [3.63, 3.8) is 0 Å². The van der Waals surface area contributed by atoms with Crippen molar-refractivity contribution >= 4 is 27.3 Å². The summed E-state index contributed by atoms with van der Waals surface area (Å²) in [5.41, 5.74) is 0. The third kappa shape index (κ3) is 3.77. The Labute approximate surface area is 138 Å². The third-order valence-corrected chi connectivity index (χ3v) is 5.96. The van der Waals surface area contributed by atoms with Gasteiger partial charge in [0.1, 0.15) is 5.76 Å². The van der Waals surface area contributed by atoms with Gasteiger partial charge in [-0.2, -0.15) is 0 Å². The maximum Gasteiger partial charge on any atom is 0.122 e. The van der Waals surface area contributed by atoms with Crippen LogP contribution in [0.15, 0.2) is 38.7 Å². The first-order chi connectivity index (χ1) is 10.2. The maximum absolute atomic E-state index is 5.66. The monoisotopic (exact) mass is 368 g/mol. The van der Waals surface area contributed by atoms with Gasteiger partial charge in [-0.25, -0.2) is 0 Å². The van der Waals surface area contributed by atoms with Crippen LogP contribution in [0.1, 0.15) is 42.5 Å².